The summed E-state index contributed by atoms with van der Waals surface area (Å²) in [5.41, 5.74) is 1.87. The summed E-state index contributed by atoms with van der Waals surface area (Å²) in [6.45, 7) is 1.98. The van der Waals surface area contributed by atoms with Crippen LogP contribution in [0.5, 0.6) is 0 Å². The minimum absolute atomic E-state index is 0.126. The molecule has 0 aromatic heterocycles. The van der Waals surface area contributed by atoms with Crippen molar-refractivity contribution < 1.29 is 9.90 Å². The molecule has 0 unspecified atom stereocenters. The van der Waals surface area contributed by atoms with Gasteiger partial charge in [0.1, 0.15) is 0 Å². The summed E-state index contributed by atoms with van der Waals surface area (Å²) in [6.07, 6.45) is 3.29. The summed E-state index contributed by atoms with van der Waals surface area (Å²) in [4.78, 5) is 16.3. The summed E-state index contributed by atoms with van der Waals surface area (Å²) in [5, 5.41) is 11.6. The first-order valence-corrected chi connectivity index (χ1v) is 8.87. The minimum Gasteiger partial charge on any atom is -0.391 e. The van der Waals surface area contributed by atoms with Gasteiger partial charge in [0.15, 0.2) is 0 Å². The number of nitrogens with zero attached hydrogens (tertiary/aromatic N) is 2. The number of halogens is 2. The van der Waals surface area contributed by atoms with Crippen molar-refractivity contribution in [2.75, 3.05) is 26.7 Å². The zero-order chi connectivity index (χ0) is 16.6. The Morgan fingerprint density at radius 3 is 2.70 bits per heavy atom. The Morgan fingerprint density at radius 1 is 1.30 bits per heavy atom. The smallest absolute Gasteiger partial charge is 0.236 e. The normalized spacial score (nSPS) is 24.1. The lowest BCUT2D eigenvalue weighted by molar-refractivity contribution is -0.134. The van der Waals surface area contributed by atoms with E-state index in [1.807, 2.05) is 22.9 Å². The number of piperidine rings is 1. The van der Waals surface area contributed by atoms with Crippen LogP contribution in [0.15, 0.2) is 12.1 Å². The molecule has 1 aromatic rings. The highest BCUT2D eigenvalue weighted by Gasteiger charge is 2.36. The number of likely N-dealkylation sites (tertiary alicyclic amines) is 1. The van der Waals surface area contributed by atoms with E-state index in [0.717, 1.165) is 37.1 Å². The molecule has 0 spiro atoms. The highest BCUT2D eigenvalue weighted by atomic mass is 35.5. The second-order valence-electron chi connectivity index (χ2n) is 6.53. The second kappa shape index (κ2) is 6.98. The molecule has 2 atom stereocenters. The third kappa shape index (κ3) is 3.50. The third-order valence-corrected chi connectivity index (χ3v) is 5.41. The van der Waals surface area contributed by atoms with Crippen LogP contribution in [-0.4, -0.2) is 53.6 Å². The topological polar surface area (TPSA) is 43.8 Å². The quantitative estimate of drug-likeness (QED) is 0.905. The van der Waals surface area contributed by atoms with Crippen LogP contribution < -0.4 is 0 Å². The average molecular weight is 357 g/mol. The van der Waals surface area contributed by atoms with Crippen molar-refractivity contribution in [3.05, 3.63) is 33.3 Å². The molecule has 23 heavy (non-hydrogen) atoms. The monoisotopic (exact) mass is 356 g/mol. The van der Waals surface area contributed by atoms with Crippen LogP contribution in [0.25, 0.3) is 0 Å². The zero-order valence-corrected chi connectivity index (χ0v) is 14.8. The molecule has 1 fully saturated rings. The van der Waals surface area contributed by atoms with Crippen LogP contribution in [0.2, 0.25) is 10.0 Å². The molecule has 1 aliphatic heterocycles. The molecule has 1 aliphatic carbocycles. The minimum atomic E-state index is -0.569. The van der Waals surface area contributed by atoms with Crippen LogP contribution in [0, 0.1) is 0 Å². The molecule has 1 N–H and O–H groups in total. The largest absolute Gasteiger partial charge is 0.391 e. The highest BCUT2D eigenvalue weighted by molar-refractivity contribution is 6.35. The van der Waals surface area contributed by atoms with Gasteiger partial charge in [-0.1, -0.05) is 23.2 Å². The Morgan fingerprint density at radius 2 is 2.00 bits per heavy atom. The van der Waals surface area contributed by atoms with Gasteiger partial charge in [-0.05, 0) is 49.6 Å². The number of hydrogen-bond donors (Lipinski definition) is 1. The first-order valence-electron chi connectivity index (χ1n) is 8.11. The number of aliphatic hydroxyl groups excluding tert-OH is 1. The average Bonchev–Trinajstić information content (AvgIpc) is 2.84. The second-order valence-corrected chi connectivity index (χ2v) is 7.37. The standard InChI is InChI=1S/C17H22Cl2N2O2/c1-20(10-16(23)21-5-3-2-4-6-21)17-13-7-11(18)8-14(19)12(13)9-15(17)22/h7-8,15,17,22H,2-6,9-10H2,1H3/t15-,17-/m1/s1. The Kier molecular flexibility index (Phi) is 5.16. The van der Waals surface area contributed by atoms with Gasteiger partial charge in [-0.25, -0.2) is 0 Å². The Labute approximate surface area is 147 Å². The van der Waals surface area contributed by atoms with Gasteiger partial charge in [0.25, 0.3) is 0 Å². The van der Waals surface area contributed by atoms with Gasteiger partial charge in [0.05, 0.1) is 18.7 Å². The molecule has 126 valence electrons. The van der Waals surface area contributed by atoms with Crippen molar-refractivity contribution >= 4 is 29.1 Å². The van der Waals surface area contributed by atoms with E-state index in [4.69, 9.17) is 23.2 Å². The number of hydrogen-bond acceptors (Lipinski definition) is 3. The number of likely N-dealkylation sites (N-methyl/N-ethyl adjacent to an activating group) is 1. The maximum atomic E-state index is 12.5. The summed E-state index contributed by atoms with van der Waals surface area (Å²) >= 11 is 12.4. The predicted octanol–water partition coefficient (Wildman–Crippen LogP) is 2.90. The van der Waals surface area contributed by atoms with E-state index in [1.165, 1.54) is 6.42 Å². The molecule has 0 saturated carbocycles. The summed E-state index contributed by atoms with van der Waals surface area (Å²) in [5.74, 6) is 0.126. The lowest BCUT2D eigenvalue weighted by atomic mass is 10.1. The van der Waals surface area contributed by atoms with Gasteiger partial charge in [0, 0.05) is 29.6 Å². The Balaban J connectivity index is 1.75. The molecule has 1 amide bonds. The van der Waals surface area contributed by atoms with E-state index in [9.17, 15) is 9.90 Å². The fourth-order valence-electron chi connectivity index (χ4n) is 3.72. The van der Waals surface area contributed by atoms with Gasteiger partial charge in [-0.3, -0.25) is 9.69 Å². The molecule has 2 aliphatic rings. The van der Waals surface area contributed by atoms with E-state index in [0.29, 0.717) is 23.0 Å². The maximum Gasteiger partial charge on any atom is 0.236 e. The molecule has 1 saturated heterocycles. The van der Waals surface area contributed by atoms with Crippen LogP contribution in [0.4, 0.5) is 0 Å². The van der Waals surface area contributed by atoms with E-state index in [1.54, 1.807) is 6.07 Å². The van der Waals surface area contributed by atoms with Crippen molar-refractivity contribution in [1.29, 1.82) is 0 Å². The third-order valence-electron chi connectivity index (χ3n) is 4.86. The van der Waals surface area contributed by atoms with Crippen molar-refractivity contribution in [1.82, 2.24) is 9.80 Å². The van der Waals surface area contributed by atoms with E-state index >= 15 is 0 Å². The first kappa shape index (κ1) is 17.0. The van der Waals surface area contributed by atoms with Crippen molar-refractivity contribution in [2.24, 2.45) is 0 Å². The lowest BCUT2D eigenvalue weighted by Gasteiger charge is -2.32. The highest BCUT2D eigenvalue weighted by Crippen LogP contribution is 2.40. The maximum absolute atomic E-state index is 12.5. The number of fused-ring (bicyclic) bond motifs is 1. The fourth-order valence-corrected chi connectivity index (χ4v) is 4.30. The van der Waals surface area contributed by atoms with Crippen molar-refractivity contribution in [3.63, 3.8) is 0 Å². The number of carbonyl (C=O) groups is 1. The van der Waals surface area contributed by atoms with Crippen LogP contribution >= 0.6 is 23.2 Å². The fraction of sp³-hybridized carbons (Fsp3) is 0.588. The van der Waals surface area contributed by atoms with Crippen LogP contribution in [0.1, 0.15) is 36.4 Å². The number of aliphatic hydroxyl groups is 1. The lowest BCUT2D eigenvalue weighted by Crippen LogP contribution is -2.43. The number of amides is 1. The number of carbonyl (C=O) groups excluding carboxylic acids is 1. The molecule has 1 heterocycles. The van der Waals surface area contributed by atoms with Crippen LogP contribution in [0.3, 0.4) is 0 Å². The summed E-state index contributed by atoms with van der Waals surface area (Å²) in [6, 6.07) is 3.32. The molecular formula is C17H22Cl2N2O2. The first-order chi connectivity index (χ1) is 11.0. The van der Waals surface area contributed by atoms with Gasteiger partial charge in [0.2, 0.25) is 5.91 Å². The molecule has 0 radical (unpaired) electrons. The SMILES string of the molecule is CN(CC(=O)N1CCCCC1)[C@@H]1c2cc(Cl)cc(Cl)c2C[C@H]1O. The summed E-state index contributed by atoms with van der Waals surface area (Å²) < 4.78 is 0. The van der Waals surface area contributed by atoms with Crippen molar-refractivity contribution in [2.45, 2.75) is 37.8 Å². The van der Waals surface area contributed by atoms with Gasteiger partial charge < -0.3 is 10.0 Å². The van der Waals surface area contributed by atoms with Gasteiger partial charge in [-0.2, -0.15) is 0 Å². The molecule has 3 rings (SSSR count). The molecule has 4 nitrogen and oxygen atoms in total. The van der Waals surface area contributed by atoms with E-state index in [2.05, 4.69) is 0 Å². The molecule has 6 heteroatoms. The number of rotatable bonds is 3. The molecule has 0 bridgehead atoms. The Bertz CT molecular complexity index is 603. The number of benzene rings is 1. The van der Waals surface area contributed by atoms with E-state index < -0.39 is 6.10 Å². The van der Waals surface area contributed by atoms with E-state index in [-0.39, 0.29) is 11.9 Å². The van der Waals surface area contributed by atoms with Gasteiger partial charge in [-0.15, -0.1) is 0 Å². The molecule has 1 aromatic carbocycles. The van der Waals surface area contributed by atoms with Gasteiger partial charge >= 0.3 is 0 Å². The van der Waals surface area contributed by atoms with Crippen molar-refractivity contribution in [3.8, 4) is 0 Å². The zero-order valence-electron chi connectivity index (χ0n) is 13.3. The predicted molar refractivity (Wildman–Crippen MR) is 92.0 cm³/mol. The van der Waals surface area contributed by atoms with Crippen LogP contribution in [-0.2, 0) is 11.2 Å². The molecular weight excluding hydrogens is 335 g/mol. The Hall–Kier alpha value is -0.810. The summed E-state index contributed by atoms with van der Waals surface area (Å²) in [7, 11) is 1.87.